The minimum absolute atomic E-state index is 0.0386. The van der Waals surface area contributed by atoms with Crippen LogP contribution in [0.3, 0.4) is 0 Å². The Labute approximate surface area is 169 Å². The molecule has 7 nitrogen and oxygen atoms in total. The molecule has 3 heterocycles. The molecular formula is C22H22N6O. The van der Waals surface area contributed by atoms with Crippen molar-refractivity contribution in [1.82, 2.24) is 20.5 Å². The van der Waals surface area contributed by atoms with E-state index < -0.39 is 0 Å². The van der Waals surface area contributed by atoms with Crippen molar-refractivity contribution in [3.05, 3.63) is 58.9 Å². The Morgan fingerprint density at radius 3 is 2.62 bits per heavy atom. The molecule has 2 aliphatic rings. The van der Waals surface area contributed by atoms with E-state index in [9.17, 15) is 4.79 Å². The average Bonchev–Trinajstić information content (AvgIpc) is 3.51. The fourth-order valence-electron chi connectivity index (χ4n) is 3.85. The normalized spacial score (nSPS) is 15.0. The average molecular weight is 386 g/mol. The van der Waals surface area contributed by atoms with Gasteiger partial charge in [0.1, 0.15) is 5.82 Å². The van der Waals surface area contributed by atoms with Gasteiger partial charge in [-0.2, -0.15) is 5.10 Å². The first kappa shape index (κ1) is 17.6. The Morgan fingerprint density at radius 2 is 1.93 bits per heavy atom. The molecule has 5 rings (SSSR count). The second kappa shape index (κ2) is 6.84. The third kappa shape index (κ3) is 3.18. The van der Waals surface area contributed by atoms with Crippen molar-refractivity contribution in [3.8, 4) is 11.1 Å². The Hall–Kier alpha value is -3.48. The summed E-state index contributed by atoms with van der Waals surface area (Å²) in [6.07, 6.45) is 4.27. The molecule has 1 saturated carbocycles. The highest BCUT2D eigenvalue weighted by Gasteiger charge is 2.26. The number of aromatic nitrogens is 3. The van der Waals surface area contributed by atoms with Gasteiger partial charge in [-0.3, -0.25) is 4.79 Å². The molecule has 3 N–H and O–H groups in total. The summed E-state index contributed by atoms with van der Waals surface area (Å²) in [5.41, 5.74) is 6.76. The zero-order chi connectivity index (χ0) is 20.0. The number of carbonyl (C=O) groups excluding carboxylic acids is 1. The Balaban J connectivity index is 1.44. The summed E-state index contributed by atoms with van der Waals surface area (Å²) in [6.45, 7) is 2.58. The van der Waals surface area contributed by atoms with Gasteiger partial charge in [-0.15, -0.1) is 5.10 Å². The van der Waals surface area contributed by atoms with Gasteiger partial charge in [0.2, 0.25) is 0 Å². The highest BCUT2D eigenvalue weighted by Crippen LogP contribution is 2.39. The first-order valence-electron chi connectivity index (χ1n) is 9.83. The number of pyridine rings is 1. The molecule has 0 bridgehead atoms. The summed E-state index contributed by atoms with van der Waals surface area (Å²) in [5.74, 6) is 1.96. The van der Waals surface area contributed by atoms with Crippen LogP contribution < -0.4 is 16.0 Å². The molecular weight excluding hydrogens is 364 g/mol. The molecule has 1 amide bonds. The van der Waals surface area contributed by atoms with E-state index in [-0.39, 0.29) is 5.91 Å². The molecule has 1 aliphatic heterocycles. The summed E-state index contributed by atoms with van der Waals surface area (Å²) in [7, 11) is 1.83. The molecule has 7 heteroatoms. The number of amides is 1. The minimum Gasteiger partial charge on any atom is -0.387 e. The van der Waals surface area contributed by atoms with E-state index in [4.69, 9.17) is 0 Å². The van der Waals surface area contributed by atoms with E-state index in [1.54, 1.807) is 0 Å². The first-order chi connectivity index (χ1) is 14.1. The predicted octanol–water partition coefficient (Wildman–Crippen LogP) is 3.75. The van der Waals surface area contributed by atoms with Crippen LogP contribution in [0, 0.1) is 6.92 Å². The number of carbonyl (C=O) groups is 1. The van der Waals surface area contributed by atoms with Gasteiger partial charge in [0.15, 0.2) is 5.82 Å². The Morgan fingerprint density at radius 1 is 1.07 bits per heavy atom. The number of nitrogens with zero attached hydrogens (tertiary/aromatic N) is 3. The van der Waals surface area contributed by atoms with Crippen LogP contribution in [-0.2, 0) is 6.54 Å². The SMILES string of the molecule is CNc1ccc(-c2cnc(Nc3ccc(C4CC4)nn3)cc2C)c2c1C(=O)NC2. The van der Waals surface area contributed by atoms with Gasteiger partial charge in [-0.1, -0.05) is 6.07 Å². The molecule has 1 aliphatic carbocycles. The van der Waals surface area contributed by atoms with Crippen molar-refractivity contribution in [1.29, 1.82) is 0 Å². The van der Waals surface area contributed by atoms with Crippen LogP contribution in [0.15, 0.2) is 36.5 Å². The maximum Gasteiger partial charge on any atom is 0.254 e. The smallest absolute Gasteiger partial charge is 0.254 e. The molecule has 2 aromatic heterocycles. The van der Waals surface area contributed by atoms with Gasteiger partial charge in [0, 0.05) is 37.0 Å². The Bertz CT molecular complexity index is 1110. The quantitative estimate of drug-likeness (QED) is 0.618. The number of benzene rings is 1. The van der Waals surface area contributed by atoms with Crippen molar-refractivity contribution >= 4 is 23.2 Å². The lowest BCUT2D eigenvalue weighted by molar-refractivity contribution is 0.0966. The first-order valence-corrected chi connectivity index (χ1v) is 9.83. The lowest BCUT2D eigenvalue weighted by atomic mass is 9.94. The monoisotopic (exact) mass is 386 g/mol. The molecule has 3 aromatic rings. The van der Waals surface area contributed by atoms with E-state index in [2.05, 4.69) is 31.1 Å². The maximum atomic E-state index is 12.3. The lowest BCUT2D eigenvalue weighted by Gasteiger charge is -2.14. The zero-order valence-electron chi connectivity index (χ0n) is 16.4. The maximum absolute atomic E-state index is 12.3. The third-order valence-corrected chi connectivity index (χ3v) is 5.57. The lowest BCUT2D eigenvalue weighted by Crippen LogP contribution is -2.13. The van der Waals surface area contributed by atoms with Crippen LogP contribution in [0.25, 0.3) is 11.1 Å². The minimum atomic E-state index is -0.0386. The Kier molecular flexibility index (Phi) is 4.16. The van der Waals surface area contributed by atoms with Crippen LogP contribution in [0.1, 0.15) is 45.9 Å². The van der Waals surface area contributed by atoms with E-state index in [0.29, 0.717) is 18.3 Å². The summed E-state index contributed by atoms with van der Waals surface area (Å²) >= 11 is 0. The molecule has 29 heavy (non-hydrogen) atoms. The summed E-state index contributed by atoms with van der Waals surface area (Å²) in [4.78, 5) is 16.8. The second-order valence-corrected chi connectivity index (χ2v) is 7.57. The summed E-state index contributed by atoms with van der Waals surface area (Å²) in [5, 5.41) is 17.8. The van der Waals surface area contributed by atoms with Gasteiger partial charge in [-0.25, -0.2) is 4.98 Å². The molecule has 146 valence electrons. The van der Waals surface area contributed by atoms with Crippen LogP contribution in [0.5, 0.6) is 0 Å². The number of aryl methyl sites for hydroxylation is 1. The van der Waals surface area contributed by atoms with Gasteiger partial charge in [-0.05, 0) is 60.7 Å². The second-order valence-electron chi connectivity index (χ2n) is 7.57. The van der Waals surface area contributed by atoms with Gasteiger partial charge >= 0.3 is 0 Å². The fraction of sp³-hybridized carbons (Fsp3) is 0.273. The van der Waals surface area contributed by atoms with Crippen LogP contribution in [0.2, 0.25) is 0 Å². The molecule has 1 aromatic carbocycles. The molecule has 1 fully saturated rings. The van der Waals surface area contributed by atoms with Crippen molar-refractivity contribution in [2.45, 2.75) is 32.2 Å². The number of rotatable bonds is 5. The van der Waals surface area contributed by atoms with E-state index >= 15 is 0 Å². The number of hydrogen-bond acceptors (Lipinski definition) is 6. The van der Waals surface area contributed by atoms with E-state index in [1.807, 2.05) is 50.5 Å². The van der Waals surface area contributed by atoms with Gasteiger partial charge < -0.3 is 16.0 Å². The summed E-state index contributed by atoms with van der Waals surface area (Å²) < 4.78 is 0. The molecule has 0 saturated heterocycles. The summed E-state index contributed by atoms with van der Waals surface area (Å²) in [6, 6.07) is 9.97. The molecule has 0 atom stereocenters. The molecule has 0 radical (unpaired) electrons. The van der Waals surface area contributed by atoms with Gasteiger partial charge in [0.05, 0.1) is 11.3 Å². The van der Waals surface area contributed by atoms with Crippen molar-refractivity contribution in [2.75, 3.05) is 17.7 Å². The highest BCUT2D eigenvalue weighted by molar-refractivity contribution is 6.05. The van der Waals surface area contributed by atoms with Crippen molar-refractivity contribution in [3.63, 3.8) is 0 Å². The van der Waals surface area contributed by atoms with Crippen LogP contribution in [0.4, 0.5) is 17.3 Å². The number of nitrogens with one attached hydrogen (secondary N) is 3. The number of anilines is 3. The topological polar surface area (TPSA) is 91.8 Å². The molecule has 0 unspecified atom stereocenters. The highest BCUT2D eigenvalue weighted by atomic mass is 16.1. The fourth-order valence-corrected chi connectivity index (χ4v) is 3.85. The number of hydrogen-bond donors (Lipinski definition) is 3. The largest absolute Gasteiger partial charge is 0.387 e. The standard InChI is InChI=1S/C22H22N6O/c1-12-9-20(26-19-8-7-17(27-28-19)13-3-4-13)24-10-15(12)14-5-6-18(23-2)21-16(14)11-25-22(21)29/h5-10,13,23H,3-4,11H2,1-2H3,(H,25,29)(H,24,26,28). The zero-order valence-corrected chi connectivity index (χ0v) is 16.4. The van der Waals surface area contributed by atoms with E-state index in [1.165, 1.54) is 12.8 Å². The van der Waals surface area contributed by atoms with Crippen LogP contribution >= 0.6 is 0 Å². The van der Waals surface area contributed by atoms with Gasteiger partial charge in [0.25, 0.3) is 5.91 Å². The van der Waals surface area contributed by atoms with Crippen molar-refractivity contribution in [2.24, 2.45) is 0 Å². The predicted molar refractivity (Wildman–Crippen MR) is 112 cm³/mol. The molecule has 0 spiro atoms. The number of fused-ring (bicyclic) bond motifs is 1. The third-order valence-electron chi connectivity index (χ3n) is 5.57. The van der Waals surface area contributed by atoms with Crippen molar-refractivity contribution < 1.29 is 4.79 Å². The van der Waals surface area contributed by atoms with E-state index in [0.717, 1.165) is 45.0 Å². The van der Waals surface area contributed by atoms with Crippen LogP contribution in [-0.4, -0.2) is 28.1 Å².